The molecule has 0 aromatic carbocycles. The second kappa shape index (κ2) is 8.25. The zero-order valence-corrected chi connectivity index (χ0v) is 16.1. The van der Waals surface area contributed by atoms with Gasteiger partial charge < -0.3 is 20.7 Å². The fourth-order valence-corrected chi connectivity index (χ4v) is 3.76. The van der Waals surface area contributed by atoms with E-state index in [2.05, 4.69) is 15.0 Å². The van der Waals surface area contributed by atoms with Crippen LogP contribution in [0.2, 0.25) is 0 Å². The van der Waals surface area contributed by atoms with Crippen molar-refractivity contribution in [1.29, 1.82) is 0 Å². The zero-order chi connectivity index (χ0) is 20.5. The van der Waals surface area contributed by atoms with Crippen molar-refractivity contribution in [1.82, 2.24) is 19.5 Å². The molecular formula is C14H22N5O8P. The van der Waals surface area contributed by atoms with Crippen LogP contribution in [0.25, 0.3) is 11.2 Å². The summed E-state index contributed by atoms with van der Waals surface area (Å²) in [5, 5.41) is 20.7. The molecular weight excluding hydrogens is 397 g/mol. The normalized spacial score (nSPS) is 27.3. The predicted molar refractivity (Wildman–Crippen MR) is 95.3 cm³/mol. The number of nitrogens with zero attached hydrogens (tertiary/aromatic N) is 3. The predicted octanol–water partition coefficient (Wildman–Crippen LogP) is -0.481. The van der Waals surface area contributed by atoms with Crippen LogP contribution in [0.3, 0.4) is 0 Å². The van der Waals surface area contributed by atoms with Crippen LogP contribution in [0.1, 0.15) is 19.6 Å². The van der Waals surface area contributed by atoms with Crippen molar-refractivity contribution in [2.24, 2.45) is 0 Å². The average Bonchev–Trinajstić information content (AvgIpc) is 3.20. The summed E-state index contributed by atoms with van der Waals surface area (Å²) in [6, 6.07) is 0. The number of fused-ring (bicyclic) bond motifs is 1. The van der Waals surface area contributed by atoms with Gasteiger partial charge in [0.2, 0.25) is 5.95 Å². The highest BCUT2D eigenvalue weighted by Crippen LogP contribution is 2.49. The minimum atomic E-state index is -3.81. The third-order valence-electron chi connectivity index (χ3n) is 4.14. The largest absolute Gasteiger partial charge is 0.474 e. The van der Waals surface area contributed by atoms with E-state index in [9.17, 15) is 19.6 Å². The third kappa shape index (κ3) is 3.96. The van der Waals surface area contributed by atoms with Gasteiger partial charge in [-0.15, -0.1) is 0 Å². The van der Waals surface area contributed by atoms with Crippen molar-refractivity contribution < 1.29 is 33.1 Å². The molecule has 5 N–H and O–H groups in total. The molecule has 5 atom stereocenters. The molecule has 1 fully saturated rings. The summed E-state index contributed by atoms with van der Waals surface area (Å²) in [6.45, 7) is 1.62. The number of rotatable bonds is 8. The number of hydrogen-bond donors (Lipinski definition) is 4. The van der Waals surface area contributed by atoms with Crippen LogP contribution in [-0.2, 0) is 22.9 Å². The molecule has 1 saturated heterocycles. The summed E-state index contributed by atoms with van der Waals surface area (Å²) in [5.41, 5.74) is 5.07. The van der Waals surface area contributed by atoms with E-state index >= 15 is 0 Å². The Balaban J connectivity index is 1.78. The quantitative estimate of drug-likeness (QED) is 0.405. The van der Waals surface area contributed by atoms with Gasteiger partial charge in [-0.3, -0.25) is 27.9 Å². The lowest BCUT2D eigenvalue weighted by Gasteiger charge is -2.19. The lowest BCUT2D eigenvalue weighted by Crippen LogP contribution is -2.33. The van der Waals surface area contributed by atoms with E-state index in [1.165, 1.54) is 18.0 Å². The Hall–Kier alpha value is -1.86. The fraction of sp³-hybridized carbons (Fsp3) is 0.643. The number of H-pyrrole nitrogens is 1. The maximum absolute atomic E-state index is 12.3. The summed E-state index contributed by atoms with van der Waals surface area (Å²) in [5.74, 6) is -0.138. The SMILES string of the molecule is CCCOP(=O)(OC)OC[C@H]1O[C@@H](n2cnc3c(=O)[nH]c(N)nc32)C(O)C1O. The van der Waals surface area contributed by atoms with E-state index < -0.39 is 37.9 Å². The van der Waals surface area contributed by atoms with Gasteiger partial charge in [-0.25, -0.2) is 9.55 Å². The molecule has 0 spiro atoms. The van der Waals surface area contributed by atoms with Gasteiger partial charge in [-0.1, -0.05) is 6.92 Å². The Labute approximate surface area is 159 Å². The van der Waals surface area contributed by atoms with Crippen molar-refractivity contribution in [2.75, 3.05) is 26.1 Å². The number of nitrogens with one attached hydrogen (secondary N) is 1. The maximum atomic E-state index is 12.3. The second-order valence-corrected chi connectivity index (χ2v) is 7.86. The number of phosphoric ester groups is 1. The third-order valence-corrected chi connectivity index (χ3v) is 5.55. The van der Waals surface area contributed by atoms with E-state index in [4.69, 9.17) is 24.0 Å². The highest BCUT2D eigenvalue weighted by atomic mass is 31.2. The molecule has 14 heteroatoms. The first-order valence-electron chi connectivity index (χ1n) is 8.48. The summed E-state index contributed by atoms with van der Waals surface area (Å²) < 4.78 is 34.2. The molecule has 28 heavy (non-hydrogen) atoms. The monoisotopic (exact) mass is 419 g/mol. The Morgan fingerprint density at radius 3 is 2.82 bits per heavy atom. The molecule has 3 rings (SSSR count). The van der Waals surface area contributed by atoms with Gasteiger partial charge in [0, 0.05) is 7.11 Å². The molecule has 1 aliphatic rings. The molecule has 0 saturated carbocycles. The number of aromatic amines is 1. The molecule has 2 aromatic heterocycles. The molecule has 3 heterocycles. The van der Waals surface area contributed by atoms with Gasteiger partial charge in [0.15, 0.2) is 17.4 Å². The second-order valence-electron chi connectivity index (χ2n) is 6.08. The molecule has 3 unspecified atom stereocenters. The average molecular weight is 419 g/mol. The first kappa shape index (κ1) is 20.9. The van der Waals surface area contributed by atoms with E-state index in [-0.39, 0.29) is 30.3 Å². The summed E-state index contributed by atoms with van der Waals surface area (Å²) in [7, 11) is -2.64. The maximum Gasteiger partial charge on any atom is 0.474 e. The number of imidazole rings is 1. The Morgan fingerprint density at radius 2 is 2.14 bits per heavy atom. The van der Waals surface area contributed by atoms with Gasteiger partial charge in [0.1, 0.15) is 18.3 Å². The molecule has 13 nitrogen and oxygen atoms in total. The number of aliphatic hydroxyl groups is 2. The van der Waals surface area contributed by atoms with Gasteiger partial charge >= 0.3 is 7.82 Å². The van der Waals surface area contributed by atoms with E-state index in [0.717, 1.165) is 0 Å². The van der Waals surface area contributed by atoms with Crippen LogP contribution >= 0.6 is 7.82 Å². The van der Waals surface area contributed by atoms with E-state index in [1.54, 1.807) is 0 Å². The first-order chi connectivity index (χ1) is 13.3. The molecule has 0 radical (unpaired) electrons. The van der Waals surface area contributed by atoms with Gasteiger partial charge in [0.05, 0.1) is 19.5 Å². The number of aliphatic hydroxyl groups excluding tert-OH is 2. The smallest absolute Gasteiger partial charge is 0.387 e. The highest BCUT2D eigenvalue weighted by Gasteiger charge is 2.45. The van der Waals surface area contributed by atoms with E-state index in [0.29, 0.717) is 6.42 Å². The standard InChI is InChI=1S/C14H22N5O8P/c1-3-4-25-28(23,24-2)26-5-7-9(20)10(21)13(27-7)19-6-16-8-11(19)17-14(15)18-12(8)22/h6-7,9-10,13,20-21H,3-5H2,1-2H3,(H3,15,17,18,22)/t7-,9?,10?,13-,28?/m1/s1. The number of hydrogen-bond acceptors (Lipinski definition) is 11. The molecule has 1 aliphatic heterocycles. The van der Waals surface area contributed by atoms with Crippen LogP contribution in [0.5, 0.6) is 0 Å². The minimum absolute atomic E-state index is 0.00367. The highest BCUT2D eigenvalue weighted by molar-refractivity contribution is 7.48. The fourth-order valence-electron chi connectivity index (χ4n) is 2.74. The molecule has 2 aromatic rings. The lowest BCUT2D eigenvalue weighted by molar-refractivity contribution is -0.0520. The topological polar surface area (TPSA) is 184 Å². The molecule has 0 aliphatic carbocycles. The van der Waals surface area contributed by atoms with Crippen LogP contribution in [0, 0.1) is 0 Å². The zero-order valence-electron chi connectivity index (χ0n) is 15.2. The first-order valence-corrected chi connectivity index (χ1v) is 9.94. The van der Waals surface area contributed by atoms with Crippen LogP contribution in [-0.4, -0.2) is 68.4 Å². The van der Waals surface area contributed by atoms with Gasteiger partial charge in [-0.05, 0) is 6.42 Å². The number of nitrogens with two attached hydrogens (primary N) is 1. The van der Waals surface area contributed by atoms with Gasteiger partial charge in [-0.2, -0.15) is 4.98 Å². The van der Waals surface area contributed by atoms with Crippen molar-refractivity contribution in [3.05, 3.63) is 16.7 Å². The lowest BCUT2D eigenvalue weighted by atomic mass is 10.1. The van der Waals surface area contributed by atoms with Crippen LogP contribution in [0.15, 0.2) is 11.1 Å². The van der Waals surface area contributed by atoms with Crippen LogP contribution < -0.4 is 11.3 Å². The Morgan fingerprint density at radius 1 is 1.39 bits per heavy atom. The summed E-state index contributed by atoms with van der Waals surface area (Å²) in [6.07, 6.45) is -3.11. The van der Waals surface area contributed by atoms with Crippen molar-refractivity contribution in [3.8, 4) is 0 Å². The van der Waals surface area contributed by atoms with Crippen molar-refractivity contribution >= 4 is 24.9 Å². The molecule has 0 bridgehead atoms. The van der Waals surface area contributed by atoms with Crippen molar-refractivity contribution in [3.63, 3.8) is 0 Å². The number of anilines is 1. The number of ether oxygens (including phenoxy) is 1. The summed E-state index contributed by atoms with van der Waals surface area (Å²) in [4.78, 5) is 22.1. The number of aromatic nitrogens is 4. The van der Waals surface area contributed by atoms with Gasteiger partial charge in [0.25, 0.3) is 5.56 Å². The summed E-state index contributed by atoms with van der Waals surface area (Å²) >= 11 is 0. The van der Waals surface area contributed by atoms with E-state index in [1.807, 2.05) is 6.92 Å². The minimum Gasteiger partial charge on any atom is -0.387 e. The van der Waals surface area contributed by atoms with Crippen LogP contribution in [0.4, 0.5) is 5.95 Å². The Kier molecular flexibility index (Phi) is 6.15. The van der Waals surface area contributed by atoms with Crippen molar-refractivity contribution in [2.45, 2.75) is 37.9 Å². The molecule has 0 amide bonds. The number of phosphoric acid groups is 1. The Bertz CT molecular complexity index is 932. The molecule has 156 valence electrons. The number of nitrogen functional groups attached to an aromatic ring is 1.